The standard InChI is InChI=1S/C25H21ClN4O3S/c1-16(17-6-5-7-20(14-17)33-2)28-29-23(31)15-34-25-27-22-9-4-3-8-21(22)24(32)30(25)19-12-10-18(26)11-13-19/h3-14H,15H2,1-2H3,(H,29,31)/b28-16+. The van der Waals surface area contributed by atoms with Crippen molar-refractivity contribution in [3.05, 3.63) is 93.7 Å². The second-order valence-corrected chi connectivity index (χ2v) is 8.66. The zero-order valence-corrected chi connectivity index (χ0v) is 20.1. The topological polar surface area (TPSA) is 85.6 Å². The van der Waals surface area contributed by atoms with Crippen LogP contribution in [0.2, 0.25) is 5.02 Å². The first-order valence-corrected chi connectivity index (χ1v) is 11.7. The summed E-state index contributed by atoms with van der Waals surface area (Å²) in [5, 5.41) is 5.63. The number of carbonyl (C=O) groups excluding carboxylic acids is 1. The molecule has 34 heavy (non-hydrogen) atoms. The minimum absolute atomic E-state index is 0.0211. The average molecular weight is 493 g/mol. The number of thioether (sulfide) groups is 1. The number of carbonyl (C=O) groups is 1. The molecule has 0 spiro atoms. The summed E-state index contributed by atoms with van der Waals surface area (Å²) in [5.74, 6) is 0.404. The summed E-state index contributed by atoms with van der Waals surface area (Å²) in [6.45, 7) is 1.80. The lowest BCUT2D eigenvalue weighted by molar-refractivity contribution is -0.118. The van der Waals surface area contributed by atoms with Gasteiger partial charge in [0, 0.05) is 10.6 Å². The van der Waals surface area contributed by atoms with Crippen LogP contribution in [0.4, 0.5) is 0 Å². The molecule has 1 amide bonds. The molecule has 0 saturated carbocycles. The summed E-state index contributed by atoms with van der Waals surface area (Å²) in [5.41, 5.74) is 4.99. The summed E-state index contributed by atoms with van der Waals surface area (Å²) >= 11 is 7.17. The Kier molecular flexibility index (Phi) is 7.30. The summed E-state index contributed by atoms with van der Waals surface area (Å²) < 4.78 is 6.71. The van der Waals surface area contributed by atoms with Crippen LogP contribution in [-0.4, -0.2) is 34.0 Å². The summed E-state index contributed by atoms with van der Waals surface area (Å²) in [4.78, 5) is 30.4. The molecule has 0 aliphatic carbocycles. The van der Waals surface area contributed by atoms with Crippen LogP contribution in [0.3, 0.4) is 0 Å². The Morgan fingerprint density at radius 1 is 1.12 bits per heavy atom. The highest BCUT2D eigenvalue weighted by molar-refractivity contribution is 7.99. The number of nitrogens with zero attached hydrogens (tertiary/aromatic N) is 3. The predicted octanol–water partition coefficient (Wildman–Crippen LogP) is 4.68. The number of hydrogen-bond donors (Lipinski definition) is 1. The molecule has 3 aromatic carbocycles. The quantitative estimate of drug-likeness (QED) is 0.175. The number of para-hydroxylation sites is 1. The molecule has 1 N–H and O–H groups in total. The van der Waals surface area contributed by atoms with E-state index >= 15 is 0 Å². The van der Waals surface area contributed by atoms with E-state index in [4.69, 9.17) is 16.3 Å². The van der Waals surface area contributed by atoms with Gasteiger partial charge in [-0.1, -0.05) is 47.6 Å². The minimum atomic E-state index is -0.322. The fourth-order valence-electron chi connectivity index (χ4n) is 3.25. The van der Waals surface area contributed by atoms with Crippen molar-refractivity contribution >= 4 is 45.9 Å². The lowest BCUT2D eigenvalue weighted by Crippen LogP contribution is -2.24. The van der Waals surface area contributed by atoms with Crippen molar-refractivity contribution in [3.8, 4) is 11.4 Å². The second kappa shape index (κ2) is 10.5. The molecule has 7 nitrogen and oxygen atoms in total. The van der Waals surface area contributed by atoms with Crippen LogP contribution >= 0.6 is 23.4 Å². The van der Waals surface area contributed by atoms with Crippen LogP contribution in [0.1, 0.15) is 12.5 Å². The number of nitrogens with one attached hydrogen (secondary N) is 1. The van der Waals surface area contributed by atoms with Crippen LogP contribution in [0.15, 0.2) is 87.8 Å². The Morgan fingerprint density at radius 2 is 1.88 bits per heavy atom. The van der Waals surface area contributed by atoms with Gasteiger partial charge >= 0.3 is 0 Å². The Morgan fingerprint density at radius 3 is 2.65 bits per heavy atom. The van der Waals surface area contributed by atoms with E-state index in [0.717, 1.165) is 17.3 Å². The van der Waals surface area contributed by atoms with E-state index in [1.54, 1.807) is 56.5 Å². The van der Waals surface area contributed by atoms with Gasteiger partial charge < -0.3 is 4.74 Å². The summed E-state index contributed by atoms with van der Waals surface area (Å²) in [6.07, 6.45) is 0. The molecule has 172 valence electrons. The minimum Gasteiger partial charge on any atom is -0.497 e. The first kappa shape index (κ1) is 23.5. The highest BCUT2D eigenvalue weighted by Crippen LogP contribution is 2.22. The first-order chi connectivity index (χ1) is 16.5. The van der Waals surface area contributed by atoms with Crippen molar-refractivity contribution < 1.29 is 9.53 Å². The van der Waals surface area contributed by atoms with Crippen LogP contribution in [-0.2, 0) is 4.79 Å². The van der Waals surface area contributed by atoms with Crippen LogP contribution < -0.4 is 15.7 Å². The van der Waals surface area contributed by atoms with Crippen molar-refractivity contribution in [2.45, 2.75) is 12.1 Å². The Hall–Kier alpha value is -3.62. The maximum absolute atomic E-state index is 13.2. The number of aromatic nitrogens is 2. The van der Waals surface area contributed by atoms with Crippen LogP contribution in [0.5, 0.6) is 5.75 Å². The maximum atomic E-state index is 13.2. The Labute approximate surface area is 205 Å². The number of fused-ring (bicyclic) bond motifs is 1. The third-order valence-electron chi connectivity index (χ3n) is 5.00. The highest BCUT2D eigenvalue weighted by Gasteiger charge is 2.15. The van der Waals surface area contributed by atoms with E-state index in [1.165, 1.54) is 4.57 Å². The van der Waals surface area contributed by atoms with Gasteiger partial charge in [-0.05, 0) is 55.5 Å². The molecular weight excluding hydrogens is 472 g/mol. The molecule has 0 fully saturated rings. The van der Waals surface area contributed by atoms with Gasteiger partial charge in [0.25, 0.3) is 11.5 Å². The Bertz CT molecular complexity index is 1430. The van der Waals surface area contributed by atoms with E-state index in [9.17, 15) is 9.59 Å². The second-order valence-electron chi connectivity index (χ2n) is 7.28. The van der Waals surface area contributed by atoms with E-state index < -0.39 is 0 Å². The molecule has 0 saturated heterocycles. The molecule has 9 heteroatoms. The van der Waals surface area contributed by atoms with Crippen molar-refractivity contribution in [1.82, 2.24) is 15.0 Å². The highest BCUT2D eigenvalue weighted by atomic mass is 35.5. The average Bonchev–Trinajstić information content (AvgIpc) is 2.87. The van der Waals surface area contributed by atoms with E-state index in [-0.39, 0.29) is 17.2 Å². The number of rotatable bonds is 7. The molecule has 4 aromatic rings. The molecule has 0 atom stereocenters. The van der Waals surface area contributed by atoms with Crippen LogP contribution in [0.25, 0.3) is 16.6 Å². The van der Waals surface area contributed by atoms with Crippen molar-refractivity contribution in [2.75, 3.05) is 12.9 Å². The van der Waals surface area contributed by atoms with Gasteiger partial charge in [0.05, 0.1) is 35.2 Å². The van der Waals surface area contributed by atoms with Gasteiger partial charge in [-0.25, -0.2) is 10.4 Å². The zero-order chi connectivity index (χ0) is 24.1. The number of ether oxygens (including phenoxy) is 1. The van der Waals surface area contributed by atoms with Crippen LogP contribution in [0, 0.1) is 0 Å². The lowest BCUT2D eigenvalue weighted by Gasteiger charge is -2.13. The van der Waals surface area contributed by atoms with Gasteiger partial charge in [-0.15, -0.1) is 0 Å². The molecule has 0 unspecified atom stereocenters. The largest absolute Gasteiger partial charge is 0.497 e. The fraction of sp³-hybridized carbons (Fsp3) is 0.120. The van der Waals surface area contributed by atoms with Gasteiger partial charge in [0.1, 0.15) is 5.75 Å². The van der Waals surface area contributed by atoms with Gasteiger partial charge in [-0.2, -0.15) is 5.10 Å². The number of hydrogen-bond acceptors (Lipinski definition) is 6. The normalized spacial score (nSPS) is 11.4. The molecular formula is C25H21ClN4O3S. The van der Waals surface area contributed by atoms with Gasteiger partial charge in [-0.3, -0.25) is 14.2 Å². The number of hydrazone groups is 1. The fourth-order valence-corrected chi connectivity index (χ4v) is 4.18. The van der Waals surface area contributed by atoms with Crippen molar-refractivity contribution in [3.63, 3.8) is 0 Å². The number of amides is 1. The monoisotopic (exact) mass is 492 g/mol. The SMILES string of the molecule is COc1cccc(/C(C)=N/NC(=O)CSc2nc3ccccc3c(=O)n2-c2ccc(Cl)cc2)c1. The van der Waals surface area contributed by atoms with E-state index in [0.29, 0.717) is 38.2 Å². The molecule has 0 aliphatic rings. The molecule has 4 rings (SSSR count). The smallest absolute Gasteiger partial charge is 0.266 e. The molecule has 0 aliphatic heterocycles. The van der Waals surface area contributed by atoms with Crippen molar-refractivity contribution in [1.29, 1.82) is 0 Å². The third-order valence-corrected chi connectivity index (χ3v) is 6.19. The molecule has 0 bridgehead atoms. The van der Waals surface area contributed by atoms with Crippen molar-refractivity contribution in [2.24, 2.45) is 5.10 Å². The summed E-state index contributed by atoms with van der Waals surface area (Å²) in [7, 11) is 1.59. The van der Waals surface area contributed by atoms with Gasteiger partial charge in [0.15, 0.2) is 5.16 Å². The first-order valence-electron chi connectivity index (χ1n) is 10.3. The number of benzene rings is 3. The molecule has 0 radical (unpaired) electrons. The van der Waals surface area contributed by atoms with E-state index in [1.807, 2.05) is 30.3 Å². The summed E-state index contributed by atoms with van der Waals surface area (Å²) in [6, 6.07) is 21.4. The van der Waals surface area contributed by atoms with E-state index in [2.05, 4.69) is 15.5 Å². The zero-order valence-electron chi connectivity index (χ0n) is 18.5. The van der Waals surface area contributed by atoms with Gasteiger partial charge in [0.2, 0.25) is 0 Å². The third kappa shape index (κ3) is 5.30. The predicted molar refractivity (Wildman–Crippen MR) is 136 cm³/mol. The lowest BCUT2D eigenvalue weighted by atomic mass is 10.1. The number of halogens is 1. The molecule has 1 aromatic heterocycles. The maximum Gasteiger partial charge on any atom is 0.266 e. The number of methoxy groups -OCH3 is 1. The Balaban J connectivity index is 1.56. The molecule has 1 heterocycles.